The molecule has 0 bridgehead atoms. The van der Waals surface area contributed by atoms with Gasteiger partial charge in [0, 0.05) is 13.1 Å². The van der Waals surface area contributed by atoms with E-state index in [0.29, 0.717) is 0 Å². The summed E-state index contributed by atoms with van der Waals surface area (Å²) < 4.78 is 25.9. The van der Waals surface area contributed by atoms with E-state index in [-0.39, 0.29) is 34.5 Å². The fraction of sp³-hybridized carbons (Fsp3) is 0.455. The predicted octanol–water partition coefficient (Wildman–Crippen LogP) is 1.11. The van der Waals surface area contributed by atoms with Gasteiger partial charge in [0.2, 0.25) is 10.0 Å². The van der Waals surface area contributed by atoms with Gasteiger partial charge in [0.25, 0.3) is 0 Å². The van der Waals surface area contributed by atoms with Gasteiger partial charge < -0.3 is 10.2 Å². The monoisotopic (exact) mass is 325 g/mol. The molecule has 0 unspecified atom stereocenters. The molecule has 5 nitrogen and oxygen atoms in total. The van der Waals surface area contributed by atoms with Gasteiger partial charge in [-0.15, -0.1) is 0 Å². The number of β-amino-alcohol motifs (C(OH)–C–C–N with tert-alkyl or cyclic N) is 1. The highest BCUT2D eigenvalue weighted by molar-refractivity contribution is 7.89. The highest BCUT2D eigenvalue weighted by Gasteiger charge is 2.41. The van der Waals surface area contributed by atoms with E-state index >= 15 is 0 Å². The van der Waals surface area contributed by atoms with Crippen molar-refractivity contribution in [2.24, 2.45) is 0 Å². The summed E-state index contributed by atoms with van der Waals surface area (Å²) in [7, 11) is -3.83. The van der Waals surface area contributed by atoms with E-state index < -0.39 is 22.2 Å². The summed E-state index contributed by atoms with van der Waals surface area (Å²) in [5, 5.41) is 19.1. The minimum absolute atomic E-state index is 0.0383. The summed E-state index contributed by atoms with van der Waals surface area (Å²) in [5.74, 6) is 0. The second kappa shape index (κ2) is 5.20. The quantitative estimate of drug-likeness (QED) is 0.872. The average molecular weight is 326 g/mol. The number of hydrogen-bond donors (Lipinski definition) is 2. The molecule has 0 saturated carbocycles. The Balaban J connectivity index is 2.37. The van der Waals surface area contributed by atoms with Crippen LogP contribution in [0.2, 0.25) is 10.0 Å². The summed E-state index contributed by atoms with van der Waals surface area (Å²) in [4.78, 5) is -0.0937. The Morgan fingerprint density at radius 1 is 1.37 bits per heavy atom. The molecule has 1 aliphatic heterocycles. The van der Waals surface area contributed by atoms with Crippen molar-refractivity contribution in [1.82, 2.24) is 4.31 Å². The van der Waals surface area contributed by atoms with Crippen LogP contribution in [0.15, 0.2) is 23.1 Å². The fourth-order valence-electron chi connectivity index (χ4n) is 1.98. The summed E-state index contributed by atoms with van der Waals surface area (Å²) >= 11 is 11.7. The van der Waals surface area contributed by atoms with Crippen molar-refractivity contribution in [3.05, 3.63) is 28.2 Å². The number of hydrogen-bond acceptors (Lipinski definition) is 4. The van der Waals surface area contributed by atoms with Crippen LogP contribution in [0.25, 0.3) is 0 Å². The molecule has 0 radical (unpaired) electrons. The van der Waals surface area contributed by atoms with E-state index in [9.17, 15) is 13.5 Å². The van der Waals surface area contributed by atoms with E-state index in [2.05, 4.69) is 0 Å². The predicted molar refractivity (Wildman–Crippen MR) is 71.9 cm³/mol. The minimum Gasteiger partial charge on any atom is -0.393 e. The van der Waals surface area contributed by atoms with Gasteiger partial charge in [-0.3, -0.25) is 0 Å². The van der Waals surface area contributed by atoms with Crippen LogP contribution in [0.5, 0.6) is 0 Å². The Labute approximate surface area is 121 Å². The van der Waals surface area contributed by atoms with Gasteiger partial charge in [-0.25, -0.2) is 8.42 Å². The second-order valence-corrected chi connectivity index (χ2v) is 7.21. The van der Waals surface area contributed by atoms with Gasteiger partial charge in [0.15, 0.2) is 0 Å². The Hall–Kier alpha value is -0.370. The lowest BCUT2D eigenvalue weighted by Crippen LogP contribution is -2.38. The number of aliphatic hydroxyl groups is 2. The first-order chi connectivity index (χ1) is 8.80. The zero-order valence-electron chi connectivity index (χ0n) is 9.88. The lowest BCUT2D eigenvalue weighted by Gasteiger charge is -2.21. The van der Waals surface area contributed by atoms with Crippen LogP contribution in [0.3, 0.4) is 0 Å². The number of nitrogens with zero attached hydrogens (tertiary/aromatic N) is 1. The molecule has 19 heavy (non-hydrogen) atoms. The van der Waals surface area contributed by atoms with Gasteiger partial charge in [0.05, 0.1) is 16.7 Å². The maximum absolute atomic E-state index is 12.4. The number of halogens is 2. The topological polar surface area (TPSA) is 77.8 Å². The Kier molecular flexibility index (Phi) is 4.11. The number of aliphatic hydroxyl groups excluding tert-OH is 1. The van der Waals surface area contributed by atoms with Gasteiger partial charge in [-0.05, 0) is 18.6 Å². The first-order valence-corrected chi connectivity index (χ1v) is 7.77. The summed E-state index contributed by atoms with van der Waals surface area (Å²) in [6.45, 7) is -0.515. The molecule has 0 aliphatic carbocycles. The normalized spacial score (nSPS) is 24.8. The SMILES string of the molecule is O=S(=O)(c1cccc(Cl)c1Cl)N1CC[C@](O)(CO)C1. The molecule has 1 saturated heterocycles. The number of rotatable bonds is 3. The number of benzene rings is 1. The van der Waals surface area contributed by atoms with E-state index in [4.69, 9.17) is 28.3 Å². The van der Waals surface area contributed by atoms with Gasteiger partial charge in [-0.1, -0.05) is 29.3 Å². The minimum atomic E-state index is -3.83. The molecule has 1 aromatic rings. The average Bonchev–Trinajstić information content (AvgIpc) is 2.77. The smallest absolute Gasteiger partial charge is 0.244 e. The van der Waals surface area contributed by atoms with Crippen LogP contribution in [0.1, 0.15) is 6.42 Å². The molecule has 2 rings (SSSR count). The maximum atomic E-state index is 12.4. The zero-order valence-corrected chi connectivity index (χ0v) is 12.2. The molecule has 0 spiro atoms. The molecular weight excluding hydrogens is 313 g/mol. The highest BCUT2D eigenvalue weighted by atomic mass is 35.5. The van der Waals surface area contributed by atoms with Crippen LogP contribution in [0.4, 0.5) is 0 Å². The molecule has 0 aromatic heterocycles. The summed E-state index contributed by atoms with van der Waals surface area (Å²) in [5.41, 5.74) is -1.39. The van der Waals surface area contributed by atoms with Crippen LogP contribution in [-0.2, 0) is 10.0 Å². The van der Waals surface area contributed by atoms with Gasteiger partial charge in [-0.2, -0.15) is 4.31 Å². The lowest BCUT2D eigenvalue weighted by molar-refractivity contribution is -0.000733. The van der Waals surface area contributed by atoms with Gasteiger partial charge >= 0.3 is 0 Å². The van der Waals surface area contributed by atoms with Crippen LogP contribution < -0.4 is 0 Å². The van der Waals surface area contributed by atoms with E-state index in [0.717, 1.165) is 4.31 Å². The van der Waals surface area contributed by atoms with Crippen LogP contribution in [0, 0.1) is 0 Å². The molecule has 1 fully saturated rings. The third-order valence-corrected chi connectivity index (χ3v) is 5.94. The van der Waals surface area contributed by atoms with Crippen molar-refractivity contribution < 1.29 is 18.6 Å². The lowest BCUT2D eigenvalue weighted by atomic mass is 10.1. The maximum Gasteiger partial charge on any atom is 0.244 e. The molecule has 106 valence electrons. The largest absolute Gasteiger partial charge is 0.393 e. The fourth-order valence-corrected chi connectivity index (χ4v) is 4.23. The number of sulfonamides is 1. The van der Waals surface area contributed by atoms with Crippen LogP contribution >= 0.6 is 23.2 Å². The van der Waals surface area contributed by atoms with Crippen molar-refractivity contribution in [3.8, 4) is 0 Å². The van der Waals surface area contributed by atoms with Crippen LogP contribution in [-0.4, -0.2) is 48.2 Å². The Morgan fingerprint density at radius 2 is 2.05 bits per heavy atom. The van der Waals surface area contributed by atoms with Crippen molar-refractivity contribution in [3.63, 3.8) is 0 Å². The Morgan fingerprint density at radius 3 is 2.63 bits per heavy atom. The van der Waals surface area contributed by atoms with Crippen molar-refractivity contribution in [2.45, 2.75) is 16.9 Å². The molecule has 1 atom stereocenters. The first-order valence-electron chi connectivity index (χ1n) is 5.57. The molecule has 1 heterocycles. The molecule has 1 aliphatic rings. The van der Waals surface area contributed by atoms with Gasteiger partial charge in [0.1, 0.15) is 10.5 Å². The highest BCUT2D eigenvalue weighted by Crippen LogP contribution is 2.33. The van der Waals surface area contributed by atoms with Crippen molar-refractivity contribution >= 4 is 33.2 Å². The second-order valence-electron chi connectivity index (χ2n) is 4.52. The van der Waals surface area contributed by atoms with E-state index in [1.165, 1.54) is 18.2 Å². The Bertz CT molecular complexity index is 592. The molecule has 8 heteroatoms. The standard InChI is InChI=1S/C11H13Cl2NO4S/c12-8-2-1-3-9(10(8)13)19(17,18)14-5-4-11(16,6-14)7-15/h1-3,15-16H,4-7H2/t11-/m1/s1. The van der Waals surface area contributed by atoms with Crippen molar-refractivity contribution in [2.75, 3.05) is 19.7 Å². The molecule has 1 aromatic carbocycles. The zero-order chi connectivity index (χ0) is 14.3. The summed E-state index contributed by atoms with van der Waals surface area (Å²) in [6.07, 6.45) is 0.181. The molecular formula is C11H13Cl2NO4S. The van der Waals surface area contributed by atoms with E-state index in [1.54, 1.807) is 0 Å². The molecule has 2 N–H and O–H groups in total. The van der Waals surface area contributed by atoms with E-state index in [1.807, 2.05) is 0 Å². The third-order valence-electron chi connectivity index (χ3n) is 3.13. The third kappa shape index (κ3) is 2.74. The van der Waals surface area contributed by atoms with Crippen molar-refractivity contribution in [1.29, 1.82) is 0 Å². The first kappa shape index (κ1) is 15.0. The summed E-state index contributed by atoms with van der Waals surface area (Å²) in [6, 6.07) is 4.35. The molecule has 0 amide bonds.